The summed E-state index contributed by atoms with van der Waals surface area (Å²) in [5.41, 5.74) is 1.09. The quantitative estimate of drug-likeness (QED) is 0.413. The van der Waals surface area contributed by atoms with Crippen LogP contribution < -0.4 is 20.3 Å². The molecule has 37 heavy (non-hydrogen) atoms. The summed E-state index contributed by atoms with van der Waals surface area (Å²) in [4.78, 5) is 41.2. The Bertz CT molecular complexity index is 1180. The molecule has 3 amide bonds. The Morgan fingerprint density at radius 1 is 1.05 bits per heavy atom. The lowest BCUT2D eigenvalue weighted by molar-refractivity contribution is -0.126. The van der Waals surface area contributed by atoms with Gasteiger partial charge in [-0.3, -0.25) is 19.3 Å². The number of furan rings is 1. The van der Waals surface area contributed by atoms with Crippen LogP contribution in [0, 0.1) is 0 Å². The van der Waals surface area contributed by atoms with Crippen LogP contribution in [0.15, 0.2) is 77.4 Å². The molecule has 1 aromatic heterocycles. The van der Waals surface area contributed by atoms with Crippen molar-refractivity contribution in [2.24, 2.45) is 0 Å². The number of hydrogen-bond donors (Lipinski definition) is 2. The molecule has 2 atom stereocenters. The van der Waals surface area contributed by atoms with E-state index in [1.807, 2.05) is 25.1 Å². The first-order valence-electron chi connectivity index (χ1n) is 12.4. The molecule has 2 N–H and O–H groups in total. The highest BCUT2D eigenvalue weighted by Gasteiger charge is 2.33. The van der Waals surface area contributed by atoms with Crippen LogP contribution in [0.4, 0.5) is 5.69 Å². The fourth-order valence-corrected chi connectivity index (χ4v) is 4.23. The number of amides is 3. The van der Waals surface area contributed by atoms with Crippen LogP contribution in [0.3, 0.4) is 0 Å². The van der Waals surface area contributed by atoms with Gasteiger partial charge >= 0.3 is 0 Å². The molecule has 0 bridgehead atoms. The van der Waals surface area contributed by atoms with E-state index in [1.54, 1.807) is 42.5 Å². The van der Waals surface area contributed by atoms with Crippen molar-refractivity contribution < 1.29 is 28.3 Å². The van der Waals surface area contributed by atoms with E-state index in [4.69, 9.17) is 13.9 Å². The molecule has 0 spiro atoms. The maximum absolute atomic E-state index is 13.7. The Labute approximate surface area is 215 Å². The highest BCUT2D eigenvalue weighted by Crippen LogP contribution is 2.30. The molecule has 9 nitrogen and oxygen atoms in total. The monoisotopic (exact) mass is 505 g/mol. The number of benzene rings is 2. The SMILES string of the molecule is CCOc1cccc(N(C(=O)CNC(=O)c2ccco2)[C@@H](C(=O)NC[C@H]2CCCO2)c2ccccc2)c1. The number of nitrogens with zero attached hydrogens (tertiary/aromatic N) is 1. The fourth-order valence-electron chi connectivity index (χ4n) is 4.23. The molecule has 0 unspecified atom stereocenters. The van der Waals surface area contributed by atoms with E-state index in [9.17, 15) is 14.4 Å². The summed E-state index contributed by atoms with van der Waals surface area (Å²) in [6, 6.07) is 18.1. The van der Waals surface area contributed by atoms with Crippen molar-refractivity contribution in [3.05, 3.63) is 84.3 Å². The third-order valence-electron chi connectivity index (χ3n) is 5.97. The van der Waals surface area contributed by atoms with Gasteiger partial charge in [-0.1, -0.05) is 36.4 Å². The summed E-state index contributed by atoms with van der Waals surface area (Å²) in [6.07, 6.45) is 3.14. The molecule has 3 aromatic rings. The van der Waals surface area contributed by atoms with Gasteiger partial charge < -0.3 is 24.5 Å². The summed E-state index contributed by atoms with van der Waals surface area (Å²) in [6.45, 7) is 2.98. The lowest BCUT2D eigenvalue weighted by Gasteiger charge is -2.32. The normalized spacial score (nSPS) is 15.5. The van der Waals surface area contributed by atoms with E-state index >= 15 is 0 Å². The van der Waals surface area contributed by atoms with Crippen molar-refractivity contribution in [1.82, 2.24) is 10.6 Å². The van der Waals surface area contributed by atoms with E-state index in [1.165, 1.54) is 17.2 Å². The Kier molecular flexibility index (Phi) is 8.93. The molecular formula is C28H31N3O6. The summed E-state index contributed by atoms with van der Waals surface area (Å²) in [5.74, 6) is -0.708. The molecule has 0 radical (unpaired) electrons. The van der Waals surface area contributed by atoms with E-state index in [0.717, 1.165) is 12.8 Å². The first-order chi connectivity index (χ1) is 18.1. The van der Waals surface area contributed by atoms with Crippen LogP contribution in [-0.2, 0) is 14.3 Å². The number of rotatable bonds is 11. The maximum Gasteiger partial charge on any atom is 0.287 e. The predicted octanol–water partition coefficient (Wildman–Crippen LogP) is 3.48. The second-order valence-electron chi connectivity index (χ2n) is 8.55. The Balaban J connectivity index is 1.65. The van der Waals surface area contributed by atoms with Crippen molar-refractivity contribution in [3.63, 3.8) is 0 Å². The standard InChI is InChI=1S/C28H31N3O6/c1-2-35-22-12-6-11-21(17-22)31(25(32)19-30-27(33)24-14-8-16-37-24)26(20-9-4-3-5-10-20)28(34)29-18-23-13-7-15-36-23/h3-6,8-12,14,16-17,23,26H,2,7,13,15,18-19H2,1H3,(H,29,34)(H,30,33)/t23-,26-/m1/s1. The van der Waals surface area contributed by atoms with E-state index in [0.29, 0.717) is 36.8 Å². The average Bonchev–Trinajstić information content (AvgIpc) is 3.64. The van der Waals surface area contributed by atoms with Gasteiger partial charge in [0.1, 0.15) is 11.8 Å². The van der Waals surface area contributed by atoms with Crippen molar-refractivity contribution in [2.75, 3.05) is 31.2 Å². The van der Waals surface area contributed by atoms with Crippen LogP contribution in [0.5, 0.6) is 5.75 Å². The zero-order valence-electron chi connectivity index (χ0n) is 20.7. The largest absolute Gasteiger partial charge is 0.494 e. The number of carbonyl (C=O) groups excluding carboxylic acids is 3. The number of carbonyl (C=O) groups is 3. The van der Waals surface area contributed by atoms with E-state index in [-0.39, 0.29) is 24.3 Å². The zero-order valence-corrected chi connectivity index (χ0v) is 20.7. The van der Waals surface area contributed by atoms with Gasteiger partial charge in [0.05, 0.1) is 25.5 Å². The Morgan fingerprint density at radius 3 is 2.59 bits per heavy atom. The van der Waals surface area contributed by atoms with E-state index in [2.05, 4.69) is 10.6 Å². The number of hydrogen-bond acceptors (Lipinski definition) is 6. The Hall–Kier alpha value is -4.11. The molecule has 4 rings (SSSR count). The number of nitrogens with one attached hydrogen (secondary N) is 2. The molecule has 2 aromatic carbocycles. The van der Waals surface area contributed by atoms with Gasteiger partial charge in [-0.05, 0) is 49.6 Å². The maximum atomic E-state index is 13.7. The fraction of sp³-hybridized carbons (Fsp3) is 0.321. The summed E-state index contributed by atoms with van der Waals surface area (Å²) in [7, 11) is 0. The molecule has 0 saturated carbocycles. The minimum absolute atomic E-state index is 0.0570. The van der Waals surface area contributed by atoms with Crippen LogP contribution in [0.2, 0.25) is 0 Å². The second-order valence-corrected chi connectivity index (χ2v) is 8.55. The zero-order chi connectivity index (χ0) is 26.0. The molecule has 9 heteroatoms. The van der Waals surface area contributed by atoms with Gasteiger partial charge in [-0.15, -0.1) is 0 Å². The highest BCUT2D eigenvalue weighted by molar-refractivity contribution is 6.04. The average molecular weight is 506 g/mol. The van der Waals surface area contributed by atoms with Gasteiger partial charge in [-0.25, -0.2) is 0 Å². The minimum atomic E-state index is -0.993. The van der Waals surface area contributed by atoms with Crippen LogP contribution >= 0.6 is 0 Å². The lowest BCUT2D eigenvalue weighted by Crippen LogP contribution is -2.48. The van der Waals surface area contributed by atoms with Gasteiger partial charge in [0.25, 0.3) is 5.91 Å². The molecule has 0 aliphatic carbocycles. The molecule has 1 saturated heterocycles. The molecule has 1 fully saturated rings. The third kappa shape index (κ3) is 6.77. The molecule has 1 aliphatic heterocycles. The van der Waals surface area contributed by atoms with Crippen molar-refractivity contribution >= 4 is 23.4 Å². The molecule has 1 aliphatic rings. The van der Waals surface area contributed by atoms with Crippen LogP contribution in [0.1, 0.15) is 41.9 Å². The van der Waals surface area contributed by atoms with Crippen molar-refractivity contribution in [3.8, 4) is 5.75 Å². The summed E-state index contributed by atoms with van der Waals surface area (Å²) >= 11 is 0. The second kappa shape index (κ2) is 12.7. The first kappa shape index (κ1) is 26.0. The van der Waals surface area contributed by atoms with Crippen LogP contribution in [0.25, 0.3) is 0 Å². The Morgan fingerprint density at radius 2 is 1.89 bits per heavy atom. The molecule has 194 valence electrons. The topological polar surface area (TPSA) is 110 Å². The van der Waals surface area contributed by atoms with Gasteiger partial charge in [-0.2, -0.15) is 0 Å². The third-order valence-corrected chi connectivity index (χ3v) is 5.97. The van der Waals surface area contributed by atoms with E-state index < -0.39 is 17.9 Å². The first-order valence-corrected chi connectivity index (χ1v) is 12.4. The van der Waals surface area contributed by atoms with Crippen molar-refractivity contribution in [2.45, 2.75) is 31.9 Å². The van der Waals surface area contributed by atoms with Crippen molar-refractivity contribution in [1.29, 1.82) is 0 Å². The molecular weight excluding hydrogens is 474 g/mol. The summed E-state index contributed by atoms with van der Waals surface area (Å²) in [5, 5.41) is 5.55. The lowest BCUT2D eigenvalue weighted by atomic mass is 10.0. The van der Waals surface area contributed by atoms with Crippen LogP contribution in [-0.4, -0.2) is 50.1 Å². The predicted molar refractivity (Wildman–Crippen MR) is 137 cm³/mol. The minimum Gasteiger partial charge on any atom is -0.494 e. The van der Waals surface area contributed by atoms with Gasteiger partial charge in [0, 0.05) is 24.9 Å². The smallest absolute Gasteiger partial charge is 0.287 e. The highest BCUT2D eigenvalue weighted by atomic mass is 16.5. The number of ether oxygens (including phenoxy) is 2. The van der Waals surface area contributed by atoms with Gasteiger partial charge in [0.2, 0.25) is 11.8 Å². The van der Waals surface area contributed by atoms with Gasteiger partial charge in [0.15, 0.2) is 5.76 Å². The number of anilines is 1. The molecule has 2 heterocycles. The summed E-state index contributed by atoms with van der Waals surface area (Å²) < 4.78 is 16.4.